The number of nitrogens with one attached hydrogen (secondary N) is 2. The smallest absolute Gasteiger partial charge is 0.251 e. The lowest BCUT2D eigenvalue weighted by Crippen LogP contribution is -2.38. The van der Waals surface area contributed by atoms with Gasteiger partial charge in [0.1, 0.15) is 0 Å². The van der Waals surface area contributed by atoms with Gasteiger partial charge < -0.3 is 21.1 Å². The first-order valence-electron chi connectivity index (χ1n) is 5.74. The number of hydrogen-bond acceptors (Lipinski definition) is 4. The van der Waals surface area contributed by atoms with Gasteiger partial charge in [-0.1, -0.05) is 23.2 Å². The minimum Gasteiger partial charge on any atom is -0.397 e. The summed E-state index contributed by atoms with van der Waals surface area (Å²) in [5, 5.41) is 5.40. The van der Waals surface area contributed by atoms with Gasteiger partial charge in [0.05, 0.1) is 28.9 Å². The minimum absolute atomic E-state index is 0.150. The number of anilines is 1. The van der Waals surface area contributed by atoms with Crippen molar-refractivity contribution >= 4 is 40.7 Å². The Balaban J connectivity index is 2.53. The van der Waals surface area contributed by atoms with Gasteiger partial charge in [-0.15, -0.1) is 0 Å². The van der Waals surface area contributed by atoms with Gasteiger partial charge in [-0.25, -0.2) is 0 Å². The van der Waals surface area contributed by atoms with E-state index in [0.717, 1.165) is 0 Å². The van der Waals surface area contributed by atoms with Gasteiger partial charge in [0.25, 0.3) is 5.91 Å². The molecule has 0 saturated heterocycles. The molecule has 110 valence electrons. The van der Waals surface area contributed by atoms with E-state index in [1.807, 2.05) is 0 Å². The van der Waals surface area contributed by atoms with Gasteiger partial charge in [-0.2, -0.15) is 0 Å². The first-order chi connectivity index (χ1) is 9.45. The lowest BCUT2D eigenvalue weighted by Gasteiger charge is -2.08. The van der Waals surface area contributed by atoms with Crippen LogP contribution >= 0.6 is 23.2 Å². The van der Waals surface area contributed by atoms with E-state index < -0.39 is 5.91 Å². The molecule has 0 spiro atoms. The number of halogens is 2. The molecule has 8 heteroatoms. The Bertz CT molecular complexity index is 486. The molecule has 0 aliphatic carbocycles. The first kappa shape index (κ1) is 16.6. The zero-order valence-electron chi connectivity index (χ0n) is 10.8. The molecule has 0 unspecified atom stereocenters. The molecule has 0 radical (unpaired) electrons. The van der Waals surface area contributed by atoms with Crippen LogP contribution in [0.2, 0.25) is 10.0 Å². The highest BCUT2D eigenvalue weighted by atomic mass is 35.5. The number of amides is 2. The van der Waals surface area contributed by atoms with Crippen molar-refractivity contribution in [3.63, 3.8) is 0 Å². The van der Waals surface area contributed by atoms with Crippen LogP contribution in [-0.2, 0) is 9.53 Å². The Labute approximate surface area is 126 Å². The third-order valence-electron chi connectivity index (χ3n) is 2.36. The number of hydrogen-bond donors (Lipinski definition) is 3. The van der Waals surface area contributed by atoms with Crippen molar-refractivity contribution in [2.75, 3.05) is 32.5 Å². The van der Waals surface area contributed by atoms with E-state index in [9.17, 15) is 9.59 Å². The Morgan fingerprint density at radius 3 is 2.60 bits per heavy atom. The third-order valence-corrected chi connectivity index (χ3v) is 3.17. The van der Waals surface area contributed by atoms with E-state index in [1.54, 1.807) is 0 Å². The quantitative estimate of drug-likeness (QED) is 0.540. The first-order valence-corrected chi connectivity index (χ1v) is 6.49. The number of carbonyl (C=O) groups is 2. The van der Waals surface area contributed by atoms with Gasteiger partial charge in [-0.05, 0) is 12.1 Å². The maximum atomic E-state index is 11.8. The Hall–Kier alpha value is -1.50. The van der Waals surface area contributed by atoms with E-state index in [1.165, 1.54) is 19.2 Å². The van der Waals surface area contributed by atoms with Crippen molar-refractivity contribution in [3.8, 4) is 0 Å². The maximum absolute atomic E-state index is 11.8. The Morgan fingerprint density at radius 2 is 2.00 bits per heavy atom. The van der Waals surface area contributed by atoms with Crippen molar-refractivity contribution in [2.45, 2.75) is 0 Å². The summed E-state index contributed by atoms with van der Waals surface area (Å²) < 4.78 is 4.78. The number of methoxy groups -OCH3 is 1. The zero-order chi connectivity index (χ0) is 15.1. The van der Waals surface area contributed by atoms with E-state index in [0.29, 0.717) is 13.2 Å². The second-order valence-corrected chi connectivity index (χ2v) is 4.67. The van der Waals surface area contributed by atoms with Crippen molar-refractivity contribution in [3.05, 3.63) is 27.7 Å². The van der Waals surface area contributed by atoms with Crippen LogP contribution in [0.5, 0.6) is 0 Å². The number of benzene rings is 1. The summed E-state index contributed by atoms with van der Waals surface area (Å²) in [6.45, 7) is 0.636. The van der Waals surface area contributed by atoms with E-state index in [2.05, 4.69) is 10.6 Å². The predicted molar refractivity (Wildman–Crippen MR) is 78.1 cm³/mol. The summed E-state index contributed by atoms with van der Waals surface area (Å²) in [6, 6.07) is 2.78. The highest BCUT2D eigenvalue weighted by Crippen LogP contribution is 2.29. The number of rotatable bonds is 6. The van der Waals surface area contributed by atoms with Crippen LogP contribution in [0.25, 0.3) is 0 Å². The molecular weight excluding hydrogens is 305 g/mol. The van der Waals surface area contributed by atoms with Gasteiger partial charge in [0.2, 0.25) is 5.91 Å². The highest BCUT2D eigenvalue weighted by molar-refractivity contribution is 6.43. The van der Waals surface area contributed by atoms with Gasteiger partial charge >= 0.3 is 0 Å². The molecule has 20 heavy (non-hydrogen) atoms. The maximum Gasteiger partial charge on any atom is 0.251 e. The molecular formula is C12H15Cl2N3O3. The molecule has 0 fully saturated rings. The molecule has 0 atom stereocenters. The van der Waals surface area contributed by atoms with Crippen LogP contribution in [0.3, 0.4) is 0 Å². The van der Waals surface area contributed by atoms with Crippen molar-refractivity contribution in [2.24, 2.45) is 0 Å². The van der Waals surface area contributed by atoms with Crippen LogP contribution < -0.4 is 16.4 Å². The fourth-order valence-corrected chi connectivity index (χ4v) is 1.69. The molecule has 6 nitrogen and oxygen atoms in total. The Kier molecular flexibility index (Phi) is 6.57. The number of nitrogens with two attached hydrogens (primary N) is 1. The van der Waals surface area contributed by atoms with Gasteiger partial charge in [0.15, 0.2) is 0 Å². The van der Waals surface area contributed by atoms with Crippen LogP contribution in [0.15, 0.2) is 12.1 Å². The van der Waals surface area contributed by atoms with Crippen molar-refractivity contribution in [1.82, 2.24) is 10.6 Å². The lowest BCUT2D eigenvalue weighted by atomic mass is 10.2. The zero-order valence-corrected chi connectivity index (χ0v) is 12.3. The standard InChI is InChI=1S/C12H15Cl2N3O3/c1-20-3-2-16-10(18)6-17-12(19)7-4-8(13)11(14)9(15)5-7/h4-5H,2-3,6,15H2,1H3,(H,16,18)(H,17,19). The molecule has 1 aromatic rings. The molecule has 0 aromatic heterocycles. The van der Waals surface area contributed by atoms with Crippen LogP contribution in [0.1, 0.15) is 10.4 Å². The minimum atomic E-state index is -0.461. The largest absolute Gasteiger partial charge is 0.397 e. The van der Waals surface area contributed by atoms with Gasteiger partial charge in [0, 0.05) is 19.2 Å². The molecule has 0 aliphatic rings. The third kappa shape index (κ3) is 4.88. The molecule has 0 bridgehead atoms. The normalized spacial score (nSPS) is 10.2. The Morgan fingerprint density at radius 1 is 1.30 bits per heavy atom. The molecule has 4 N–H and O–H groups in total. The number of ether oxygens (including phenoxy) is 1. The number of carbonyl (C=O) groups excluding carboxylic acids is 2. The number of nitrogen functional groups attached to an aromatic ring is 1. The molecule has 2 amide bonds. The summed E-state index contributed by atoms with van der Waals surface area (Å²) in [5.41, 5.74) is 6.05. The fourth-order valence-electron chi connectivity index (χ4n) is 1.36. The molecule has 0 heterocycles. The monoisotopic (exact) mass is 319 g/mol. The second-order valence-electron chi connectivity index (χ2n) is 3.89. The SMILES string of the molecule is COCCNC(=O)CNC(=O)c1cc(N)c(Cl)c(Cl)c1. The van der Waals surface area contributed by atoms with E-state index in [4.69, 9.17) is 33.7 Å². The van der Waals surface area contributed by atoms with Crippen LogP contribution in [0, 0.1) is 0 Å². The molecule has 1 aromatic carbocycles. The topological polar surface area (TPSA) is 93.5 Å². The lowest BCUT2D eigenvalue weighted by molar-refractivity contribution is -0.120. The average Bonchev–Trinajstić information content (AvgIpc) is 2.41. The van der Waals surface area contributed by atoms with Gasteiger partial charge in [-0.3, -0.25) is 9.59 Å². The van der Waals surface area contributed by atoms with Crippen LogP contribution in [-0.4, -0.2) is 38.6 Å². The molecule has 1 rings (SSSR count). The summed E-state index contributed by atoms with van der Waals surface area (Å²) in [7, 11) is 1.53. The summed E-state index contributed by atoms with van der Waals surface area (Å²) >= 11 is 11.6. The highest BCUT2D eigenvalue weighted by Gasteiger charge is 2.12. The fraction of sp³-hybridized carbons (Fsp3) is 0.333. The van der Waals surface area contributed by atoms with Crippen molar-refractivity contribution < 1.29 is 14.3 Å². The summed E-state index contributed by atoms with van der Waals surface area (Å²) in [6.07, 6.45) is 0. The average molecular weight is 320 g/mol. The predicted octanol–water partition coefficient (Wildman–Crippen LogP) is 1.07. The second kappa shape index (κ2) is 7.94. The molecule has 0 saturated carbocycles. The van der Waals surface area contributed by atoms with E-state index >= 15 is 0 Å². The van der Waals surface area contributed by atoms with E-state index in [-0.39, 0.29) is 33.7 Å². The molecule has 0 aliphatic heterocycles. The van der Waals surface area contributed by atoms with Crippen LogP contribution in [0.4, 0.5) is 5.69 Å². The summed E-state index contributed by atoms with van der Waals surface area (Å²) in [4.78, 5) is 23.2. The summed E-state index contributed by atoms with van der Waals surface area (Å²) in [5.74, 6) is -0.777. The van der Waals surface area contributed by atoms with Crippen molar-refractivity contribution in [1.29, 1.82) is 0 Å².